The number of carbonyl (C=O) groups excluding carboxylic acids is 2. The molecule has 0 saturated carbocycles. The van der Waals surface area contributed by atoms with Crippen molar-refractivity contribution in [1.29, 1.82) is 0 Å². The fraction of sp³-hybridized carbons (Fsp3) is 0.355. The molecule has 0 aromatic heterocycles. The van der Waals surface area contributed by atoms with E-state index in [1.165, 1.54) is 40.6 Å². The van der Waals surface area contributed by atoms with Crippen molar-refractivity contribution >= 4 is 23.6 Å². The first-order chi connectivity index (χ1) is 17.5. The lowest BCUT2D eigenvalue weighted by Gasteiger charge is -2.34. The summed E-state index contributed by atoms with van der Waals surface area (Å²) in [5.41, 5.74) is 4.86. The van der Waals surface area contributed by atoms with E-state index in [2.05, 4.69) is 37.4 Å². The van der Waals surface area contributed by atoms with Gasteiger partial charge in [0.05, 0.1) is 5.75 Å². The van der Waals surface area contributed by atoms with E-state index >= 15 is 0 Å². The summed E-state index contributed by atoms with van der Waals surface area (Å²) in [6.45, 7) is 10.1. The van der Waals surface area contributed by atoms with E-state index in [1.807, 2.05) is 51.1 Å². The molecule has 0 heterocycles. The molecule has 0 spiro atoms. The molecule has 0 saturated heterocycles. The van der Waals surface area contributed by atoms with E-state index in [0.717, 1.165) is 11.1 Å². The third kappa shape index (κ3) is 9.36. The van der Waals surface area contributed by atoms with Crippen LogP contribution >= 0.6 is 11.8 Å². The molecule has 6 heteroatoms. The number of hydrogen-bond donors (Lipinski definition) is 1. The Labute approximate surface area is 224 Å². The maximum absolute atomic E-state index is 13.7. The molecular formula is C31H37FN2O2S. The molecular weight excluding hydrogens is 483 g/mol. The van der Waals surface area contributed by atoms with E-state index in [0.29, 0.717) is 12.2 Å². The lowest BCUT2D eigenvalue weighted by molar-refractivity contribution is -0.140. The number of benzene rings is 3. The molecule has 1 N–H and O–H groups in total. The van der Waals surface area contributed by atoms with Crippen molar-refractivity contribution in [3.63, 3.8) is 0 Å². The zero-order chi connectivity index (χ0) is 27.0. The van der Waals surface area contributed by atoms with Gasteiger partial charge in [0.15, 0.2) is 0 Å². The summed E-state index contributed by atoms with van der Waals surface area (Å²) in [6.07, 6.45) is 0.386. The van der Waals surface area contributed by atoms with Gasteiger partial charge >= 0.3 is 0 Å². The SMILES string of the molecule is Cc1cc(C)cc(CSCC(=O)N(Cc2ccc(F)cc2)[C@@H](Cc2ccccc2)C(=O)NC(C)(C)C)c1. The van der Waals surface area contributed by atoms with Gasteiger partial charge in [0.2, 0.25) is 11.8 Å². The smallest absolute Gasteiger partial charge is 0.243 e. The highest BCUT2D eigenvalue weighted by atomic mass is 32.2. The molecule has 2 amide bonds. The molecule has 3 rings (SSSR count). The summed E-state index contributed by atoms with van der Waals surface area (Å²) in [7, 11) is 0. The van der Waals surface area contributed by atoms with Crippen LogP contribution in [0.15, 0.2) is 72.8 Å². The van der Waals surface area contributed by atoms with Crippen molar-refractivity contribution in [2.24, 2.45) is 0 Å². The van der Waals surface area contributed by atoms with Gasteiger partial charge in [-0.1, -0.05) is 71.8 Å². The number of rotatable bonds is 10. The second-order valence-corrected chi connectivity index (χ2v) is 11.6. The fourth-order valence-corrected chi connectivity index (χ4v) is 5.13. The number of thioether (sulfide) groups is 1. The van der Waals surface area contributed by atoms with Crippen LogP contribution in [0.5, 0.6) is 0 Å². The minimum absolute atomic E-state index is 0.122. The van der Waals surface area contributed by atoms with E-state index in [9.17, 15) is 14.0 Å². The van der Waals surface area contributed by atoms with Crippen LogP contribution in [0.25, 0.3) is 0 Å². The average Bonchev–Trinajstić information content (AvgIpc) is 2.81. The Morgan fingerprint density at radius 1 is 0.892 bits per heavy atom. The molecule has 0 aliphatic rings. The Hall–Kier alpha value is -3.12. The van der Waals surface area contributed by atoms with Crippen molar-refractivity contribution in [1.82, 2.24) is 10.2 Å². The number of aryl methyl sites for hydroxylation is 2. The third-order valence-corrected chi connectivity index (χ3v) is 6.80. The van der Waals surface area contributed by atoms with Crippen LogP contribution in [0.4, 0.5) is 4.39 Å². The molecule has 4 nitrogen and oxygen atoms in total. The second kappa shape index (κ2) is 12.9. The maximum atomic E-state index is 13.7. The first-order valence-corrected chi connectivity index (χ1v) is 13.7. The van der Waals surface area contributed by atoms with Crippen LogP contribution in [-0.2, 0) is 28.3 Å². The molecule has 0 radical (unpaired) electrons. The van der Waals surface area contributed by atoms with Gasteiger partial charge in [-0.25, -0.2) is 4.39 Å². The predicted octanol–water partition coefficient (Wildman–Crippen LogP) is 6.23. The van der Waals surface area contributed by atoms with Crippen LogP contribution < -0.4 is 5.32 Å². The molecule has 0 fully saturated rings. The lowest BCUT2D eigenvalue weighted by Crippen LogP contribution is -2.54. The van der Waals surface area contributed by atoms with Crippen LogP contribution in [-0.4, -0.2) is 34.0 Å². The van der Waals surface area contributed by atoms with Crippen molar-refractivity contribution in [2.75, 3.05) is 5.75 Å². The summed E-state index contributed by atoms with van der Waals surface area (Å²) in [4.78, 5) is 28.9. The minimum atomic E-state index is -0.707. The van der Waals surface area contributed by atoms with Gasteiger partial charge in [0.25, 0.3) is 0 Å². The maximum Gasteiger partial charge on any atom is 0.243 e. The number of carbonyl (C=O) groups is 2. The van der Waals surface area contributed by atoms with Crippen molar-refractivity contribution in [3.05, 3.63) is 106 Å². The van der Waals surface area contributed by atoms with E-state index in [-0.39, 0.29) is 29.9 Å². The van der Waals surface area contributed by atoms with Crippen LogP contribution in [0, 0.1) is 19.7 Å². The molecule has 37 heavy (non-hydrogen) atoms. The lowest BCUT2D eigenvalue weighted by atomic mass is 10.0. The third-order valence-electron chi connectivity index (χ3n) is 5.81. The highest BCUT2D eigenvalue weighted by Gasteiger charge is 2.32. The minimum Gasteiger partial charge on any atom is -0.350 e. The molecule has 0 unspecified atom stereocenters. The van der Waals surface area contributed by atoms with Crippen LogP contribution in [0.3, 0.4) is 0 Å². The second-order valence-electron chi connectivity index (χ2n) is 10.6. The van der Waals surface area contributed by atoms with Gasteiger partial charge < -0.3 is 10.2 Å². The number of nitrogens with one attached hydrogen (secondary N) is 1. The predicted molar refractivity (Wildman–Crippen MR) is 151 cm³/mol. The summed E-state index contributed by atoms with van der Waals surface area (Å²) in [5.74, 6) is 0.283. The Bertz CT molecular complexity index is 1170. The first kappa shape index (κ1) is 28.5. The number of nitrogens with zero attached hydrogens (tertiary/aromatic N) is 1. The largest absolute Gasteiger partial charge is 0.350 e. The summed E-state index contributed by atoms with van der Waals surface area (Å²) >= 11 is 1.54. The summed E-state index contributed by atoms with van der Waals surface area (Å²) in [5, 5.41) is 3.06. The molecule has 1 atom stereocenters. The number of hydrogen-bond acceptors (Lipinski definition) is 3. The van der Waals surface area contributed by atoms with E-state index in [4.69, 9.17) is 0 Å². The topological polar surface area (TPSA) is 49.4 Å². The van der Waals surface area contributed by atoms with Crippen molar-refractivity contribution < 1.29 is 14.0 Å². The number of halogens is 1. The first-order valence-electron chi connectivity index (χ1n) is 12.5. The van der Waals surface area contributed by atoms with Gasteiger partial charge in [0.1, 0.15) is 11.9 Å². The quantitative estimate of drug-likeness (QED) is 0.345. The Morgan fingerprint density at radius 2 is 1.51 bits per heavy atom. The molecule has 0 aliphatic carbocycles. The normalized spacial score (nSPS) is 12.2. The summed E-state index contributed by atoms with van der Waals surface area (Å²) in [6, 6.07) is 21.5. The zero-order valence-corrected chi connectivity index (χ0v) is 23.2. The van der Waals surface area contributed by atoms with Gasteiger partial charge in [-0.3, -0.25) is 9.59 Å². The molecule has 196 valence electrons. The average molecular weight is 521 g/mol. The van der Waals surface area contributed by atoms with E-state index in [1.54, 1.807) is 17.0 Å². The summed E-state index contributed by atoms with van der Waals surface area (Å²) < 4.78 is 13.6. The van der Waals surface area contributed by atoms with Gasteiger partial charge in [0, 0.05) is 24.3 Å². The Balaban J connectivity index is 1.87. The fourth-order valence-electron chi connectivity index (χ4n) is 4.28. The molecule has 3 aromatic carbocycles. The van der Waals surface area contributed by atoms with Crippen LogP contribution in [0.1, 0.15) is 48.6 Å². The van der Waals surface area contributed by atoms with Crippen molar-refractivity contribution in [3.8, 4) is 0 Å². The highest BCUT2D eigenvalue weighted by Crippen LogP contribution is 2.20. The Morgan fingerprint density at radius 3 is 2.11 bits per heavy atom. The molecule has 3 aromatic rings. The van der Waals surface area contributed by atoms with E-state index < -0.39 is 11.6 Å². The Kier molecular flexibility index (Phi) is 9.93. The number of amides is 2. The highest BCUT2D eigenvalue weighted by molar-refractivity contribution is 7.99. The van der Waals surface area contributed by atoms with Gasteiger partial charge in [-0.05, 0) is 63.4 Å². The van der Waals surface area contributed by atoms with Crippen LogP contribution in [0.2, 0.25) is 0 Å². The van der Waals surface area contributed by atoms with Gasteiger partial charge in [-0.2, -0.15) is 0 Å². The van der Waals surface area contributed by atoms with Gasteiger partial charge in [-0.15, -0.1) is 11.8 Å². The van der Waals surface area contributed by atoms with Crippen molar-refractivity contribution in [2.45, 2.75) is 64.9 Å². The molecule has 0 aliphatic heterocycles. The molecule has 0 bridgehead atoms. The zero-order valence-electron chi connectivity index (χ0n) is 22.4. The monoisotopic (exact) mass is 520 g/mol. The standard InChI is InChI=1S/C31H37FN2O2S/c1-22-15-23(2)17-26(16-22)20-37-21-29(35)34(19-25-11-13-27(32)14-12-25)28(30(36)33-31(3,4)5)18-24-9-7-6-8-10-24/h6-17,28H,18-21H2,1-5H3,(H,33,36)/t28-/m0/s1.